The molecule has 3 heteroatoms. The van der Waals surface area contributed by atoms with Gasteiger partial charge in [0.2, 0.25) is 0 Å². The van der Waals surface area contributed by atoms with Crippen LogP contribution in [0, 0.1) is 25.7 Å². The molecule has 0 aliphatic heterocycles. The first-order valence-corrected chi connectivity index (χ1v) is 7.02. The average Bonchev–Trinajstić information content (AvgIpc) is 2.73. The molecule has 1 aromatic carbocycles. The first-order chi connectivity index (χ1) is 9.63. The normalized spacial score (nSPS) is 11.8. The van der Waals surface area contributed by atoms with E-state index in [9.17, 15) is 0 Å². The number of hydrogen-bond donors (Lipinski definition) is 1. The van der Waals surface area contributed by atoms with Crippen molar-refractivity contribution in [2.45, 2.75) is 39.7 Å². The first kappa shape index (κ1) is 14.4. The van der Waals surface area contributed by atoms with Crippen LogP contribution in [0.15, 0.2) is 30.3 Å². The summed E-state index contributed by atoms with van der Waals surface area (Å²) in [6.07, 6.45) is 1.98. The third-order valence-electron chi connectivity index (χ3n) is 3.27. The van der Waals surface area contributed by atoms with E-state index in [0.717, 1.165) is 35.5 Å². The van der Waals surface area contributed by atoms with Gasteiger partial charge in [0.05, 0.1) is 28.7 Å². The molecule has 0 amide bonds. The van der Waals surface area contributed by atoms with Gasteiger partial charge >= 0.3 is 0 Å². The van der Waals surface area contributed by atoms with Crippen LogP contribution in [0.2, 0.25) is 0 Å². The second-order valence-electron chi connectivity index (χ2n) is 4.96. The molecule has 0 saturated carbocycles. The fraction of sp³-hybridized carbons (Fsp3) is 0.353. The van der Waals surface area contributed by atoms with Gasteiger partial charge in [0.25, 0.3) is 0 Å². The number of nitrogens with two attached hydrogens (primary N) is 1. The molecule has 3 nitrogen and oxygen atoms in total. The van der Waals surface area contributed by atoms with E-state index in [4.69, 9.17) is 5.73 Å². The van der Waals surface area contributed by atoms with Gasteiger partial charge in [-0.25, -0.2) is 4.68 Å². The van der Waals surface area contributed by atoms with Crippen molar-refractivity contribution in [3.05, 3.63) is 47.3 Å². The third-order valence-corrected chi connectivity index (χ3v) is 3.27. The molecule has 0 bridgehead atoms. The Morgan fingerprint density at radius 3 is 2.60 bits per heavy atom. The van der Waals surface area contributed by atoms with Crippen LogP contribution in [0.25, 0.3) is 5.69 Å². The Balaban J connectivity index is 2.35. The van der Waals surface area contributed by atoms with Gasteiger partial charge in [0.15, 0.2) is 0 Å². The van der Waals surface area contributed by atoms with E-state index < -0.39 is 0 Å². The van der Waals surface area contributed by atoms with Gasteiger partial charge < -0.3 is 5.73 Å². The zero-order valence-corrected chi connectivity index (χ0v) is 12.4. The number of aryl methyl sites for hydroxylation is 1. The summed E-state index contributed by atoms with van der Waals surface area (Å²) >= 11 is 0. The highest BCUT2D eigenvalue weighted by Gasteiger charge is 2.10. The summed E-state index contributed by atoms with van der Waals surface area (Å²) in [5.74, 6) is 6.32. The highest BCUT2D eigenvalue weighted by Crippen LogP contribution is 2.16. The lowest BCUT2D eigenvalue weighted by Crippen LogP contribution is -2.16. The van der Waals surface area contributed by atoms with Crippen molar-refractivity contribution in [3.63, 3.8) is 0 Å². The van der Waals surface area contributed by atoms with Crippen molar-refractivity contribution >= 4 is 0 Å². The molecule has 0 aliphatic carbocycles. The molecular formula is C17H21N3. The average molecular weight is 267 g/mol. The summed E-state index contributed by atoms with van der Waals surface area (Å²) in [6.45, 7) is 6.15. The lowest BCUT2D eigenvalue weighted by molar-refractivity contribution is 0.720. The Kier molecular flexibility index (Phi) is 4.60. The van der Waals surface area contributed by atoms with Crippen LogP contribution < -0.4 is 5.73 Å². The minimum atomic E-state index is -0.0566. The minimum Gasteiger partial charge on any atom is -0.318 e. The molecule has 0 fully saturated rings. The molecule has 2 N–H and O–H groups in total. The summed E-state index contributed by atoms with van der Waals surface area (Å²) in [5.41, 5.74) is 10.00. The Morgan fingerprint density at radius 2 is 1.95 bits per heavy atom. The van der Waals surface area contributed by atoms with Crippen LogP contribution in [0.5, 0.6) is 0 Å². The summed E-state index contributed by atoms with van der Waals surface area (Å²) in [6, 6.07) is 10.0. The van der Waals surface area contributed by atoms with Gasteiger partial charge in [-0.2, -0.15) is 5.10 Å². The molecule has 0 saturated heterocycles. The van der Waals surface area contributed by atoms with Crippen molar-refractivity contribution in [2.75, 3.05) is 0 Å². The number of para-hydroxylation sites is 1. The number of rotatable bonds is 3. The molecular weight excluding hydrogens is 246 g/mol. The molecule has 0 spiro atoms. The van der Waals surface area contributed by atoms with Crippen LogP contribution in [0.3, 0.4) is 0 Å². The van der Waals surface area contributed by atoms with Gasteiger partial charge in [-0.1, -0.05) is 43.4 Å². The quantitative estimate of drug-likeness (QED) is 0.869. The summed E-state index contributed by atoms with van der Waals surface area (Å²) in [5, 5.41) is 4.58. The Labute approximate surface area is 120 Å². The molecule has 1 aromatic heterocycles. The van der Waals surface area contributed by atoms with Crippen molar-refractivity contribution in [1.82, 2.24) is 9.78 Å². The van der Waals surface area contributed by atoms with E-state index in [1.807, 2.05) is 48.9 Å². The van der Waals surface area contributed by atoms with E-state index in [2.05, 4.69) is 23.9 Å². The molecule has 0 aliphatic rings. The van der Waals surface area contributed by atoms with Crippen LogP contribution in [-0.2, 0) is 0 Å². The SMILES string of the molecule is CCCC(N)C#Cc1c(C)nn(-c2ccccc2)c1C. The third kappa shape index (κ3) is 3.09. The van der Waals surface area contributed by atoms with Gasteiger partial charge in [0, 0.05) is 0 Å². The van der Waals surface area contributed by atoms with Crippen LogP contribution in [-0.4, -0.2) is 15.8 Å². The van der Waals surface area contributed by atoms with E-state index in [1.54, 1.807) is 0 Å². The Morgan fingerprint density at radius 1 is 1.25 bits per heavy atom. The molecule has 1 heterocycles. The maximum Gasteiger partial charge on any atom is 0.0757 e. The molecule has 0 radical (unpaired) electrons. The van der Waals surface area contributed by atoms with Gasteiger partial charge in [-0.15, -0.1) is 0 Å². The van der Waals surface area contributed by atoms with E-state index in [-0.39, 0.29) is 6.04 Å². The minimum absolute atomic E-state index is 0.0566. The standard InChI is InChI=1S/C17H21N3/c1-4-8-15(18)11-12-17-13(2)19-20(14(17)3)16-9-6-5-7-10-16/h5-7,9-10,15H,4,8,18H2,1-3H3. The maximum atomic E-state index is 5.95. The molecule has 104 valence electrons. The second-order valence-corrected chi connectivity index (χ2v) is 4.96. The highest BCUT2D eigenvalue weighted by atomic mass is 15.3. The predicted molar refractivity (Wildman–Crippen MR) is 82.8 cm³/mol. The summed E-state index contributed by atoms with van der Waals surface area (Å²) in [4.78, 5) is 0. The maximum absolute atomic E-state index is 5.95. The fourth-order valence-electron chi connectivity index (χ4n) is 2.19. The zero-order chi connectivity index (χ0) is 14.5. The zero-order valence-electron chi connectivity index (χ0n) is 12.4. The van der Waals surface area contributed by atoms with Crippen LogP contribution in [0.4, 0.5) is 0 Å². The predicted octanol–water partition coefficient (Wildman–Crippen LogP) is 2.97. The fourth-order valence-corrected chi connectivity index (χ4v) is 2.19. The monoisotopic (exact) mass is 267 g/mol. The second kappa shape index (κ2) is 6.40. The van der Waals surface area contributed by atoms with E-state index in [1.165, 1.54) is 0 Å². The topological polar surface area (TPSA) is 43.8 Å². The van der Waals surface area contributed by atoms with Gasteiger partial charge in [-0.3, -0.25) is 0 Å². The van der Waals surface area contributed by atoms with Crippen LogP contribution >= 0.6 is 0 Å². The molecule has 2 aromatic rings. The van der Waals surface area contributed by atoms with Crippen molar-refractivity contribution < 1.29 is 0 Å². The first-order valence-electron chi connectivity index (χ1n) is 7.02. The van der Waals surface area contributed by atoms with Gasteiger partial charge in [-0.05, 0) is 32.4 Å². The van der Waals surface area contributed by atoms with E-state index >= 15 is 0 Å². The van der Waals surface area contributed by atoms with E-state index in [0.29, 0.717) is 0 Å². The number of hydrogen-bond acceptors (Lipinski definition) is 2. The molecule has 1 atom stereocenters. The largest absolute Gasteiger partial charge is 0.318 e. The smallest absolute Gasteiger partial charge is 0.0757 e. The lowest BCUT2D eigenvalue weighted by Gasteiger charge is -2.03. The molecule has 2 rings (SSSR count). The number of benzene rings is 1. The highest BCUT2D eigenvalue weighted by molar-refractivity contribution is 5.45. The van der Waals surface area contributed by atoms with Crippen LogP contribution in [0.1, 0.15) is 36.7 Å². The van der Waals surface area contributed by atoms with Gasteiger partial charge in [0.1, 0.15) is 0 Å². The number of nitrogens with zero attached hydrogens (tertiary/aromatic N) is 2. The van der Waals surface area contributed by atoms with Crippen molar-refractivity contribution in [3.8, 4) is 17.5 Å². The van der Waals surface area contributed by atoms with Crippen molar-refractivity contribution in [1.29, 1.82) is 0 Å². The van der Waals surface area contributed by atoms with Crippen molar-refractivity contribution in [2.24, 2.45) is 5.73 Å². The summed E-state index contributed by atoms with van der Waals surface area (Å²) in [7, 11) is 0. The lowest BCUT2D eigenvalue weighted by atomic mass is 10.1. The Hall–Kier alpha value is -2.05. The molecule has 1 unspecified atom stereocenters. The summed E-state index contributed by atoms with van der Waals surface area (Å²) < 4.78 is 1.94. The molecule has 20 heavy (non-hydrogen) atoms. The Bertz CT molecular complexity index is 629. The number of aromatic nitrogens is 2.